The predicted octanol–water partition coefficient (Wildman–Crippen LogP) is 1.55. The number of carbonyl (C=O) groups excluding carboxylic acids is 1. The van der Waals surface area contributed by atoms with E-state index in [9.17, 15) is 9.90 Å². The van der Waals surface area contributed by atoms with E-state index in [2.05, 4.69) is 10.5 Å². The summed E-state index contributed by atoms with van der Waals surface area (Å²) < 4.78 is 4.98. The van der Waals surface area contributed by atoms with E-state index in [1.807, 2.05) is 6.92 Å². The smallest absolute Gasteiger partial charge is 0.224 e. The van der Waals surface area contributed by atoms with Gasteiger partial charge in [-0.2, -0.15) is 0 Å². The number of phenols is 1. The number of aromatic hydroxyl groups is 1. The van der Waals surface area contributed by atoms with Gasteiger partial charge in [0.25, 0.3) is 0 Å². The van der Waals surface area contributed by atoms with Crippen molar-refractivity contribution < 1.29 is 14.4 Å². The van der Waals surface area contributed by atoms with Gasteiger partial charge in [0.05, 0.1) is 18.7 Å². The number of amides is 1. The summed E-state index contributed by atoms with van der Waals surface area (Å²) in [5.74, 6) is 0.651. The Hall–Kier alpha value is -2.30. The maximum atomic E-state index is 11.6. The molecule has 1 aromatic heterocycles. The van der Waals surface area contributed by atoms with Crippen LogP contribution in [0.25, 0.3) is 0 Å². The molecule has 1 heterocycles. The standard InChI is InChI=1S/C13H14N2O3/c1-9-5-12(18-15-9)8-14-13(17)7-10-3-2-4-11(16)6-10/h2-6,16H,7-8H2,1H3,(H,14,17). The zero-order chi connectivity index (χ0) is 13.0. The molecule has 2 rings (SSSR count). The zero-order valence-electron chi connectivity index (χ0n) is 10.0. The van der Waals surface area contributed by atoms with Crippen LogP contribution in [0.2, 0.25) is 0 Å². The highest BCUT2D eigenvalue weighted by molar-refractivity contribution is 5.78. The van der Waals surface area contributed by atoms with Crippen LogP contribution in [0.5, 0.6) is 5.75 Å². The van der Waals surface area contributed by atoms with Gasteiger partial charge in [-0.05, 0) is 24.6 Å². The monoisotopic (exact) mass is 246 g/mol. The number of hydrogen-bond acceptors (Lipinski definition) is 4. The van der Waals surface area contributed by atoms with E-state index < -0.39 is 0 Å². The molecule has 0 aliphatic rings. The Morgan fingerprint density at radius 3 is 2.94 bits per heavy atom. The average Bonchev–Trinajstić information content (AvgIpc) is 2.73. The lowest BCUT2D eigenvalue weighted by molar-refractivity contribution is -0.120. The largest absolute Gasteiger partial charge is 0.508 e. The SMILES string of the molecule is Cc1cc(CNC(=O)Cc2cccc(O)c2)on1. The van der Waals surface area contributed by atoms with Gasteiger partial charge < -0.3 is 14.9 Å². The molecule has 5 nitrogen and oxygen atoms in total. The van der Waals surface area contributed by atoms with Crippen molar-refractivity contribution in [3.63, 3.8) is 0 Å². The molecular weight excluding hydrogens is 232 g/mol. The van der Waals surface area contributed by atoms with Gasteiger partial charge in [-0.3, -0.25) is 4.79 Å². The topological polar surface area (TPSA) is 75.4 Å². The molecular formula is C13H14N2O3. The Bertz CT molecular complexity index is 549. The van der Waals surface area contributed by atoms with E-state index in [-0.39, 0.29) is 18.1 Å². The molecule has 0 bridgehead atoms. The maximum Gasteiger partial charge on any atom is 0.224 e. The van der Waals surface area contributed by atoms with Crippen molar-refractivity contribution in [2.45, 2.75) is 19.9 Å². The van der Waals surface area contributed by atoms with Crippen molar-refractivity contribution in [2.24, 2.45) is 0 Å². The summed E-state index contributed by atoms with van der Waals surface area (Å²) in [6, 6.07) is 8.40. The van der Waals surface area contributed by atoms with Crippen molar-refractivity contribution >= 4 is 5.91 Å². The van der Waals surface area contributed by atoms with Crippen molar-refractivity contribution in [2.75, 3.05) is 0 Å². The normalized spacial score (nSPS) is 10.3. The number of nitrogens with zero attached hydrogens (tertiary/aromatic N) is 1. The van der Waals surface area contributed by atoms with Gasteiger partial charge in [-0.15, -0.1) is 0 Å². The fraction of sp³-hybridized carbons (Fsp3) is 0.231. The fourth-order valence-corrected chi connectivity index (χ4v) is 1.60. The van der Waals surface area contributed by atoms with E-state index in [4.69, 9.17) is 4.52 Å². The molecule has 2 aromatic rings. The number of carbonyl (C=O) groups is 1. The Morgan fingerprint density at radius 1 is 1.44 bits per heavy atom. The highest BCUT2D eigenvalue weighted by Crippen LogP contribution is 2.11. The highest BCUT2D eigenvalue weighted by atomic mass is 16.5. The molecule has 1 amide bonds. The number of hydrogen-bond donors (Lipinski definition) is 2. The summed E-state index contributed by atoms with van der Waals surface area (Å²) in [5.41, 5.74) is 1.55. The van der Waals surface area contributed by atoms with Crippen LogP contribution in [0, 0.1) is 6.92 Å². The van der Waals surface area contributed by atoms with E-state index in [0.717, 1.165) is 11.3 Å². The van der Waals surface area contributed by atoms with Crippen molar-refractivity contribution in [1.82, 2.24) is 10.5 Å². The first-order valence-corrected chi connectivity index (χ1v) is 5.60. The number of rotatable bonds is 4. The van der Waals surface area contributed by atoms with Crippen LogP contribution in [-0.2, 0) is 17.8 Å². The first-order valence-electron chi connectivity index (χ1n) is 5.60. The van der Waals surface area contributed by atoms with Gasteiger partial charge >= 0.3 is 0 Å². The third-order valence-electron chi connectivity index (χ3n) is 2.41. The summed E-state index contributed by atoms with van der Waals surface area (Å²) in [6.07, 6.45) is 0.224. The van der Waals surface area contributed by atoms with Crippen molar-refractivity contribution in [3.05, 3.63) is 47.3 Å². The molecule has 0 unspecified atom stereocenters. The van der Waals surface area contributed by atoms with Gasteiger partial charge in [0, 0.05) is 6.07 Å². The van der Waals surface area contributed by atoms with Crippen molar-refractivity contribution in [3.8, 4) is 5.75 Å². The van der Waals surface area contributed by atoms with Gasteiger partial charge in [-0.1, -0.05) is 17.3 Å². The quantitative estimate of drug-likeness (QED) is 0.858. The van der Waals surface area contributed by atoms with Gasteiger partial charge in [0.2, 0.25) is 5.91 Å². The second-order valence-corrected chi connectivity index (χ2v) is 4.06. The molecule has 5 heteroatoms. The van der Waals surface area contributed by atoms with Crippen LogP contribution in [0.3, 0.4) is 0 Å². The maximum absolute atomic E-state index is 11.6. The third-order valence-corrected chi connectivity index (χ3v) is 2.41. The molecule has 18 heavy (non-hydrogen) atoms. The minimum atomic E-state index is -0.130. The molecule has 94 valence electrons. The molecule has 0 aliphatic heterocycles. The van der Waals surface area contributed by atoms with Crippen LogP contribution in [0.1, 0.15) is 17.0 Å². The minimum Gasteiger partial charge on any atom is -0.508 e. The van der Waals surface area contributed by atoms with E-state index >= 15 is 0 Å². The van der Waals surface area contributed by atoms with Crippen LogP contribution >= 0.6 is 0 Å². The van der Waals surface area contributed by atoms with Crippen LogP contribution in [-0.4, -0.2) is 16.2 Å². The average molecular weight is 246 g/mol. The predicted molar refractivity (Wildman–Crippen MR) is 64.9 cm³/mol. The highest BCUT2D eigenvalue weighted by Gasteiger charge is 2.06. The third kappa shape index (κ3) is 3.35. The molecule has 1 aromatic carbocycles. The first kappa shape index (κ1) is 12.2. The summed E-state index contributed by atoms with van der Waals surface area (Å²) in [7, 11) is 0. The molecule has 0 radical (unpaired) electrons. The van der Waals surface area contributed by atoms with Gasteiger partial charge in [-0.25, -0.2) is 0 Å². The lowest BCUT2D eigenvalue weighted by Gasteiger charge is -2.03. The van der Waals surface area contributed by atoms with Crippen molar-refractivity contribution in [1.29, 1.82) is 0 Å². The second kappa shape index (κ2) is 5.35. The molecule has 0 atom stereocenters. The van der Waals surface area contributed by atoms with Gasteiger partial charge in [0.1, 0.15) is 5.75 Å². The zero-order valence-corrected chi connectivity index (χ0v) is 10.0. The summed E-state index contributed by atoms with van der Waals surface area (Å²) in [4.78, 5) is 11.6. The number of aryl methyl sites for hydroxylation is 1. The number of nitrogens with one attached hydrogen (secondary N) is 1. The minimum absolute atomic E-state index is 0.130. The van der Waals surface area contributed by atoms with Crippen LogP contribution < -0.4 is 5.32 Å². The van der Waals surface area contributed by atoms with Crippen LogP contribution in [0.15, 0.2) is 34.9 Å². The Kier molecular flexibility index (Phi) is 3.62. The summed E-state index contributed by atoms with van der Waals surface area (Å²) >= 11 is 0. The van der Waals surface area contributed by atoms with Gasteiger partial charge in [0.15, 0.2) is 5.76 Å². The Balaban J connectivity index is 1.85. The Morgan fingerprint density at radius 2 is 2.28 bits per heavy atom. The molecule has 0 fully saturated rings. The molecule has 2 N–H and O–H groups in total. The molecule has 0 aliphatic carbocycles. The Labute approximate surface area is 104 Å². The number of benzene rings is 1. The second-order valence-electron chi connectivity index (χ2n) is 4.06. The number of aromatic nitrogens is 1. The van der Waals surface area contributed by atoms with E-state index in [1.165, 1.54) is 0 Å². The molecule has 0 saturated heterocycles. The van der Waals surface area contributed by atoms with E-state index in [1.54, 1.807) is 30.3 Å². The number of phenolic OH excluding ortho intramolecular Hbond substituents is 1. The lowest BCUT2D eigenvalue weighted by Crippen LogP contribution is -2.24. The fourth-order valence-electron chi connectivity index (χ4n) is 1.60. The molecule has 0 spiro atoms. The molecule has 0 saturated carbocycles. The first-order chi connectivity index (χ1) is 8.63. The van der Waals surface area contributed by atoms with Crippen LogP contribution in [0.4, 0.5) is 0 Å². The summed E-state index contributed by atoms with van der Waals surface area (Å²) in [5, 5.41) is 15.7. The summed E-state index contributed by atoms with van der Waals surface area (Å²) in [6.45, 7) is 2.14. The lowest BCUT2D eigenvalue weighted by atomic mass is 10.1. The van der Waals surface area contributed by atoms with E-state index in [0.29, 0.717) is 12.3 Å².